The molecule has 5 heteroatoms. The van der Waals surface area contributed by atoms with Gasteiger partial charge in [0.05, 0.1) is 6.04 Å². The fraction of sp³-hybridized carbons (Fsp3) is 0.533. The highest BCUT2D eigenvalue weighted by Crippen LogP contribution is 2.33. The minimum absolute atomic E-state index is 0.0354. The van der Waals surface area contributed by atoms with Gasteiger partial charge in [-0.25, -0.2) is 0 Å². The number of ether oxygens (including phenoxy) is 2. The zero-order valence-corrected chi connectivity index (χ0v) is 11.6. The van der Waals surface area contributed by atoms with Gasteiger partial charge < -0.3 is 20.1 Å². The Hall–Kier alpha value is -1.59. The van der Waals surface area contributed by atoms with Crippen LogP contribution in [0.1, 0.15) is 24.4 Å². The van der Waals surface area contributed by atoms with Gasteiger partial charge in [-0.1, -0.05) is 18.2 Å². The van der Waals surface area contributed by atoms with Crippen LogP contribution in [0.25, 0.3) is 0 Å². The Morgan fingerprint density at radius 2 is 2.15 bits per heavy atom. The van der Waals surface area contributed by atoms with Crippen molar-refractivity contribution in [2.45, 2.75) is 24.5 Å². The molecule has 0 radical (unpaired) electrons. The van der Waals surface area contributed by atoms with Gasteiger partial charge >= 0.3 is 0 Å². The van der Waals surface area contributed by atoms with Crippen LogP contribution < -0.4 is 15.4 Å². The van der Waals surface area contributed by atoms with Crippen LogP contribution in [0, 0.1) is 0 Å². The first-order valence-electron chi connectivity index (χ1n) is 7.04. The number of fused-ring (bicyclic) bond motifs is 1. The van der Waals surface area contributed by atoms with Crippen molar-refractivity contribution in [3.8, 4) is 5.75 Å². The van der Waals surface area contributed by atoms with E-state index in [1.54, 1.807) is 7.11 Å². The molecule has 0 aromatic heterocycles. The van der Waals surface area contributed by atoms with Gasteiger partial charge in [0.15, 0.2) is 0 Å². The molecule has 1 atom stereocenters. The molecule has 1 unspecified atom stereocenters. The number of carbonyl (C=O) groups excluding carboxylic acids is 1. The molecular formula is C15H20N2O3. The van der Waals surface area contributed by atoms with Crippen molar-refractivity contribution in [3.63, 3.8) is 0 Å². The number of nitrogens with one attached hydrogen (secondary N) is 2. The van der Waals surface area contributed by atoms with Crippen molar-refractivity contribution in [2.75, 3.05) is 26.8 Å². The summed E-state index contributed by atoms with van der Waals surface area (Å²) in [5.74, 6) is 0.821. The molecule has 2 aliphatic rings. The third-order valence-electron chi connectivity index (χ3n) is 4.22. The fourth-order valence-corrected chi connectivity index (χ4v) is 2.93. The number of benzene rings is 1. The standard InChI is InChI=1S/C15H20N2O3/c1-19-15(6-8-16-9-7-15)14(18)17-12-10-20-13-5-3-2-4-11(12)13/h2-5,12,16H,6-10H2,1H3,(H,17,18). The summed E-state index contributed by atoms with van der Waals surface area (Å²) in [6.45, 7) is 2.10. The van der Waals surface area contributed by atoms with E-state index in [4.69, 9.17) is 9.47 Å². The van der Waals surface area contributed by atoms with E-state index < -0.39 is 5.60 Å². The highest BCUT2D eigenvalue weighted by atomic mass is 16.5. The number of methoxy groups -OCH3 is 1. The molecular weight excluding hydrogens is 256 g/mol. The number of piperidine rings is 1. The van der Waals surface area contributed by atoms with E-state index in [0.29, 0.717) is 19.4 Å². The SMILES string of the molecule is COC1(C(=O)NC2COc3ccccc32)CCNCC1. The van der Waals surface area contributed by atoms with Crippen molar-refractivity contribution in [2.24, 2.45) is 0 Å². The summed E-state index contributed by atoms with van der Waals surface area (Å²) in [6.07, 6.45) is 1.40. The Morgan fingerprint density at radius 3 is 2.90 bits per heavy atom. The number of amides is 1. The summed E-state index contributed by atoms with van der Waals surface area (Å²) in [6, 6.07) is 7.74. The van der Waals surface area contributed by atoms with E-state index in [1.165, 1.54) is 0 Å². The maximum atomic E-state index is 12.6. The number of carbonyl (C=O) groups is 1. The van der Waals surface area contributed by atoms with Crippen molar-refractivity contribution in [1.29, 1.82) is 0 Å². The zero-order valence-electron chi connectivity index (χ0n) is 11.6. The van der Waals surface area contributed by atoms with Crippen LogP contribution in [-0.4, -0.2) is 38.3 Å². The van der Waals surface area contributed by atoms with Crippen LogP contribution in [-0.2, 0) is 9.53 Å². The molecule has 1 saturated heterocycles. The lowest BCUT2D eigenvalue weighted by atomic mass is 9.90. The summed E-state index contributed by atoms with van der Waals surface area (Å²) in [5, 5.41) is 6.33. The molecule has 3 rings (SSSR count). The van der Waals surface area contributed by atoms with Crippen LogP contribution in [0.2, 0.25) is 0 Å². The van der Waals surface area contributed by atoms with E-state index >= 15 is 0 Å². The minimum Gasteiger partial charge on any atom is -0.491 e. The minimum atomic E-state index is -0.706. The monoisotopic (exact) mass is 276 g/mol. The number of rotatable bonds is 3. The first kappa shape index (κ1) is 13.4. The number of hydrogen-bond donors (Lipinski definition) is 2. The Bertz CT molecular complexity index is 498. The first-order chi connectivity index (χ1) is 9.75. The number of hydrogen-bond acceptors (Lipinski definition) is 4. The molecule has 2 N–H and O–H groups in total. The molecule has 2 heterocycles. The second-order valence-electron chi connectivity index (χ2n) is 5.32. The lowest BCUT2D eigenvalue weighted by molar-refractivity contribution is -0.147. The molecule has 5 nitrogen and oxygen atoms in total. The van der Waals surface area contributed by atoms with Gasteiger partial charge in [0, 0.05) is 12.7 Å². The Kier molecular flexibility index (Phi) is 3.63. The van der Waals surface area contributed by atoms with Gasteiger partial charge in [-0.15, -0.1) is 0 Å². The lowest BCUT2D eigenvalue weighted by Gasteiger charge is -2.35. The first-order valence-corrected chi connectivity index (χ1v) is 7.04. The van der Waals surface area contributed by atoms with E-state index in [1.807, 2.05) is 24.3 Å². The third-order valence-corrected chi connectivity index (χ3v) is 4.22. The molecule has 1 fully saturated rings. The molecule has 1 aromatic carbocycles. The molecule has 1 amide bonds. The summed E-state index contributed by atoms with van der Waals surface area (Å²) in [7, 11) is 1.62. The largest absolute Gasteiger partial charge is 0.491 e. The molecule has 1 aromatic rings. The fourth-order valence-electron chi connectivity index (χ4n) is 2.93. The van der Waals surface area contributed by atoms with E-state index in [2.05, 4.69) is 10.6 Å². The Labute approximate surface area is 118 Å². The van der Waals surface area contributed by atoms with Gasteiger partial charge in [0.2, 0.25) is 0 Å². The predicted octanol–water partition coefficient (Wildman–Crippen LogP) is 1.00. The maximum absolute atomic E-state index is 12.6. The summed E-state index contributed by atoms with van der Waals surface area (Å²) in [5.41, 5.74) is 0.337. The molecule has 0 spiro atoms. The van der Waals surface area contributed by atoms with Crippen molar-refractivity contribution in [1.82, 2.24) is 10.6 Å². The van der Waals surface area contributed by atoms with Gasteiger partial charge in [-0.2, -0.15) is 0 Å². The quantitative estimate of drug-likeness (QED) is 0.865. The summed E-state index contributed by atoms with van der Waals surface area (Å²) in [4.78, 5) is 12.6. The second kappa shape index (κ2) is 5.42. The Morgan fingerprint density at radius 1 is 1.40 bits per heavy atom. The van der Waals surface area contributed by atoms with Gasteiger partial charge in [0.1, 0.15) is 18.0 Å². The third kappa shape index (κ3) is 2.27. The summed E-state index contributed by atoms with van der Waals surface area (Å²) < 4.78 is 11.1. The van der Waals surface area contributed by atoms with E-state index in [0.717, 1.165) is 24.4 Å². The molecule has 0 saturated carbocycles. The van der Waals surface area contributed by atoms with Gasteiger partial charge in [-0.3, -0.25) is 4.79 Å². The average molecular weight is 276 g/mol. The second-order valence-corrected chi connectivity index (χ2v) is 5.32. The maximum Gasteiger partial charge on any atom is 0.252 e. The topological polar surface area (TPSA) is 59.6 Å². The smallest absolute Gasteiger partial charge is 0.252 e. The van der Waals surface area contributed by atoms with Crippen LogP contribution in [0.4, 0.5) is 0 Å². The van der Waals surface area contributed by atoms with Crippen molar-refractivity contribution in [3.05, 3.63) is 29.8 Å². The van der Waals surface area contributed by atoms with Crippen LogP contribution in [0.3, 0.4) is 0 Å². The number of para-hydroxylation sites is 1. The Balaban J connectivity index is 1.73. The van der Waals surface area contributed by atoms with Crippen LogP contribution >= 0.6 is 0 Å². The lowest BCUT2D eigenvalue weighted by Crippen LogP contribution is -2.54. The summed E-state index contributed by atoms with van der Waals surface area (Å²) >= 11 is 0. The van der Waals surface area contributed by atoms with E-state index in [-0.39, 0.29) is 11.9 Å². The molecule has 20 heavy (non-hydrogen) atoms. The van der Waals surface area contributed by atoms with Crippen molar-refractivity contribution >= 4 is 5.91 Å². The predicted molar refractivity (Wildman–Crippen MR) is 74.7 cm³/mol. The van der Waals surface area contributed by atoms with E-state index in [9.17, 15) is 4.79 Å². The molecule has 0 aliphatic carbocycles. The highest BCUT2D eigenvalue weighted by Gasteiger charge is 2.41. The van der Waals surface area contributed by atoms with Crippen LogP contribution in [0.15, 0.2) is 24.3 Å². The molecule has 2 aliphatic heterocycles. The normalized spacial score (nSPS) is 23.8. The van der Waals surface area contributed by atoms with Gasteiger partial charge in [0.25, 0.3) is 5.91 Å². The molecule has 108 valence electrons. The average Bonchev–Trinajstić information content (AvgIpc) is 2.91. The van der Waals surface area contributed by atoms with Crippen molar-refractivity contribution < 1.29 is 14.3 Å². The van der Waals surface area contributed by atoms with Crippen LogP contribution in [0.5, 0.6) is 5.75 Å². The molecule has 0 bridgehead atoms. The highest BCUT2D eigenvalue weighted by molar-refractivity contribution is 5.86. The van der Waals surface area contributed by atoms with Gasteiger partial charge in [-0.05, 0) is 32.0 Å². The zero-order chi connectivity index (χ0) is 14.0.